The van der Waals surface area contributed by atoms with E-state index in [4.69, 9.17) is 4.74 Å². The van der Waals surface area contributed by atoms with Crippen molar-refractivity contribution in [1.29, 1.82) is 0 Å². The summed E-state index contributed by atoms with van der Waals surface area (Å²) in [6, 6.07) is 13.2. The quantitative estimate of drug-likeness (QED) is 0.597. The van der Waals surface area contributed by atoms with E-state index >= 15 is 0 Å². The molecule has 3 heteroatoms. The Kier molecular flexibility index (Phi) is 3.51. The molecule has 2 nitrogen and oxygen atoms in total. The lowest BCUT2D eigenvalue weighted by Crippen LogP contribution is -2.01. The predicted octanol–water partition coefficient (Wildman–Crippen LogP) is 3.37. The molecule has 2 rings (SSSR count). The SMILES string of the molecule is O=C(C=Cc1ccccc1)Oc1cccs1. The summed E-state index contributed by atoms with van der Waals surface area (Å²) in [4.78, 5) is 11.4. The average molecular weight is 230 g/mol. The van der Waals surface area contributed by atoms with Crippen molar-refractivity contribution in [2.45, 2.75) is 0 Å². The number of hydrogen-bond donors (Lipinski definition) is 0. The Morgan fingerprint density at radius 1 is 1.12 bits per heavy atom. The fourth-order valence-electron chi connectivity index (χ4n) is 1.18. The van der Waals surface area contributed by atoms with Gasteiger partial charge in [-0.05, 0) is 29.2 Å². The van der Waals surface area contributed by atoms with Crippen LogP contribution >= 0.6 is 11.3 Å². The smallest absolute Gasteiger partial charge is 0.336 e. The first-order chi connectivity index (χ1) is 7.84. The summed E-state index contributed by atoms with van der Waals surface area (Å²) < 4.78 is 5.07. The van der Waals surface area contributed by atoms with Crippen molar-refractivity contribution in [3.05, 3.63) is 59.5 Å². The van der Waals surface area contributed by atoms with Crippen molar-refractivity contribution < 1.29 is 9.53 Å². The summed E-state index contributed by atoms with van der Waals surface area (Å²) in [7, 11) is 0. The summed E-state index contributed by atoms with van der Waals surface area (Å²) >= 11 is 1.40. The summed E-state index contributed by atoms with van der Waals surface area (Å²) in [5.74, 6) is -0.355. The van der Waals surface area contributed by atoms with Crippen LogP contribution in [0, 0.1) is 0 Å². The molecule has 0 bridgehead atoms. The van der Waals surface area contributed by atoms with E-state index < -0.39 is 0 Å². The fraction of sp³-hybridized carbons (Fsp3) is 0. The van der Waals surface area contributed by atoms with Crippen molar-refractivity contribution in [1.82, 2.24) is 0 Å². The van der Waals surface area contributed by atoms with Gasteiger partial charge in [-0.15, -0.1) is 11.3 Å². The van der Waals surface area contributed by atoms with E-state index in [1.807, 2.05) is 41.8 Å². The third-order valence-corrected chi connectivity index (χ3v) is 2.65. The van der Waals surface area contributed by atoms with E-state index in [0.717, 1.165) is 5.56 Å². The standard InChI is InChI=1S/C13H10O2S/c14-12(15-13-7-4-10-16-13)9-8-11-5-2-1-3-6-11/h1-10H. The van der Waals surface area contributed by atoms with Crippen LogP contribution < -0.4 is 4.74 Å². The van der Waals surface area contributed by atoms with Crippen molar-refractivity contribution in [3.8, 4) is 5.06 Å². The van der Waals surface area contributed by atoms with Gasteiger partial charge in [0.25, 0.3) is 0 Å². The number of hydrogen-bond acceptors (Lipinski definition) is 3. The van der Waals surface area contributed by atoms with Gasteiger partial charge in [0.1, 0.15) is 0 Å². The molecule has 0 aliphatic carbocycles. The molecule has 2 aromatic rings. The van der Waals surface area contributed by atoms with Crippen LogP contribution in [0.1, 0.15) is 5.56 Å². The Morgan fingerprint density at radius 2 is 1.94 bits per heavy atom. The topological polar surface area (TPSA) is 26.3 Å². The van der Waals surface area contributed by atoms with Crippen molar-refractivity contribution >= 4 is 23.4 Å². The Morgan fingerprint density at radius 3 is 2.62 bits per heavy atom. The monoisotopic (exact) mass is 230 g/mol. The molecule has 0 saturated carbocycles. The van der Waals surface area contributed by atoms with Crippen molar-refractivity contribution in [2.75, 3.05) is 0 Å². The second kappa shape index (κ2) is 5.28. The summed E-state index contributed by atoms with van der Waals surface area (Å²) in [6.45, 7) is 0. The third-order valence-electron chi connectivity index (χ3n) is 1.91. The molecular weight excluding hydrogens is 220 g/mol. The number of carbonyl (C=O) groups is 1. The molecule has 0 amide bonds. The lowest BCUT2D eigenvalue weighted by molar-refractivity contribution is -0.128. The molecule has 0 aliphatic heterocycles. The average Bonchev–Trinajstić information content (AvgIpc) is 2.81. The highest BCUT2D eigenvalue weighted by Gasteiger charge is 1.99. The van der Waals surface area contributed by atoms with Crippen LogP contribution in [0.2, 0.25) is 0 Å². The maximum Gasteiger partial charge on any atom is 0.336 e. The lowest BCUT2D eigenvalue weighted by atomic mass is 10.2. The van der Waals surface area contributed by atoms with E-state index in [9.17, 15) is 4.79 Å². The maximum absolute atomic E-state index is 11.4. The molecule has 1 aromatic heterocycles. The molecule has 80 valence electrons. The largest absolute Gasteiger partial charge is 0.412 e. The van der Waals surface area contributed by atoms with E-state index in [2.05, 4.69) is 0 Å². The number of esters is 1. The molecule has 0 N–H and O–H groups in total. The number of benzene rings is 1. The third kappa shape index (κ3) is 3.07. The van der Waals surface area contributed by atoms with Crippen LogP contribution in [0.4, 0.5) is 0 Å². The van der Waals surface area contributed by atoms with Gasteiger partial charge >= 0.3 is 5.97 Å². The minimum Gasteiger partial charge on any atom is -0.412 e. The van der Waals surface area contributed by atoms with Crippen molar-refractivity contribution in [2.24, 2.45) is 0 Å². The zero-order chi connectivity index (χ0) is 11.2. The Labute approximate surface area is 97.8 Å². The van der Waals surface area contributed by atoms with Crippen molar-refractivity contribution in [3.63, 3.8) is 0 Å². The lowest BCUT2D eigenvalue weighted by Gasteiger charge is -1.95. The minimum atomic E-state index is -0.355. The van der Waals surface area contributed by atoms with Crippen LogP contribution in [0.3, 0.4) is 0 Å². The molecule has 1 heterocycles. The van der Waals surface area contributed by atoms with E-state index in [1.54, 1.807) is 12.1 Å². The van der Waals surface area contributed by atoms with E-state index in [-0.39, 0.29) is 5.97 Å². The van der Waals surface area contributed by atoms with Crippen LogP contribution in [0.25, 0.3) is 6.08 Å². The second-order valence-corrected chi connectivity index (χ2v) is 4.01. The first-order valence-corrected chi connectivity index (χ1v) is 5.71. The molecule has 0 radical (unpaired) electrons. The number of ether oxygens (including phenoxy) is 1. The highest BCUT2D eigenvalue weighted by molar-refractivity contribution is 7.11. The van der Waals surface area contributed by atoms with Crippen LogP contribution in [-0.4, -0.2) is 5.97 Å². The van der Waals surface area contributed by atoms with E-state index in [1.165, 1.54) is 17.4 Å². The van der Waals surface area contributed by atoms with Gasteiger partial charge in [-0.25, -0.2) is 4.79 Å². The number of carbonyl (C=O) groups excluding carboxylic acids is 1. The highest BCUT2D eigenvalue weighted by Crippen LogP contribution is 2.18. The molecule has 0 spiro atoms. The fourth-order valence-corrected chi connectivity index (χ4v) is 1.76. The van der Waals surface area contributed by atoms with Crippen LogP contribution in [0.5, 0.6) is 5.06 Å². The normalized spacial score (nSPS) is 10.5. The summed E-state index contributed by atoms with van der Waals surface area (Å²) in [5.41, 5.74) is 0.977. The van der Waals surface area contributed by atoms with Gasteiger partial charge in [-0.3, -0.25) is 0 Å². The number of rotatable bonds is 3. The Hall–Kier alpha value is -1.87. The molecule has 0 atom stereocenters. The summed E-state index contributed by atoms with van der Waals surface area (Å²) in [6.07, 6.45) is 3.16. The molecule has 0 unspecified atom stereocenters. The molecular formula is C13H10O2S. The van der Waals surface area contributed by atoms with Gasteiger partial charge in [-0.1, -0.05) is 30.3 Å². The maximum atomic E-state index is 11.4. The molecule has 0 saturated heterocycles. The second-order valence-electron chi connectivity index (χ2n) is 3.10. The molecule has 1 aromatic carbocycles. The molecule has 16 heavy (non-hydrogen) atoms. The zero-order valence-corrected chi connectivity index (χ0v) is 9.31. The molecule has 0 fully saturated rings. The van der Waals surface area contributed by atoms with Gasteiger partial charge in [0.2, 0.25) is 0 Å². The van der Waals surface area contributed by atoms with Gasteiger partial charge in [-0.2, -0.15) is 0 Å². The highest BCUT2D eigenvalue weighted by atomic mass is 32.1. The zero-order valence-electron chi connectivity index (χ0n) is 8.50. The summed E-state index contributed by atoms with van der Waals surface area (Å²) in [5, 5.41) is 2.48. The van der Waals surface area contributed by atoms with Gasteiger partial charge in [0.05, 0.1) is 0 Å². The number of thiophene rings is 1. The molecule has 0 aliphatic rings. The Bertz CT molecular complexity index is 472. The van der Waals surface area contributed by atoms with Gasteiger partial charge in [0, 0.05) is 6.08 Å². The minimum absolute atomic E-state index is 0.355. The first kappa shape index (κ1) is 10.6. The Balaban J connectivity index is 1.95. The van der Waals surface area contributed by atoms with Gasteiger partial charge < -0.3 is 4.74 Å². The predicted molar refractivity (Wildman–Crippen MR) is 65.4 cm³/mol. The van der Waals surface area contributed by atoms with Crippen LogP contribution in [0.15, 0.2) is 53.9 Å². The first-order valence-electron chi connectivity index (χ1n) is 4.83. The van der Waals surface area contributed by atoms with Gasteiger partial charge in [0.15, 0.2) is 5.06 Å². The van der Waals surface area contributed by atoms with E-state index in [0.29, 0.717) is 5.06 Å². The van der Waals surface area contributed by atoms with Crippen LogP contribution in [-0.2, 0) is 4.79 Å².